The lowest BCUT2D eigenvalue weighted by molar-refractivity contribution is -0.384. The van der Waals surface area contributed by atoms with E-state index in [0.717, 1.165) is 10.1 Å². The number of hydrazone groups is 1. The summed E-state index contributed by atoms with van der Waals surface area (Å²) in [5.41, 5.74) is 3.12. The molecule has 4 rings (SSSR count). The van der Waals surface area contributed by atoms with Crippen LogP contribution in [-0.4, -0.2) is 24.2 Å². The summed E-state index contributed by atoms with van der Waals surface area (Å²) in [6.45, 7) is 0. The lowest BCUT2D eigenvalue weighted by atomic mass is 10.1. The number of non-ortho nitro benzene ring substituents is 1. The predicted octanol–water partition coefficient (Wildman–Crippen LogP) is 5.50. The van der Waals surface area contributed by atoms with E-state index in [9.17, 15) is 14.9 Å². The van der Waals surface area contributed by atoms with Crippen molar-refractivity contribution >= 4 is 50.8 Å². The zero-order valence-corrected chi connectivity index (χ0v) is 17.6. The van der Waals surface area contributed by atoms with E-state index in [1.54, 1.807) is 43.5 Å². The van der Waals surface area contributed by atoms with Crippen molar-refractivity contribution in [3.05, 3.63) is 80.4 Å². The fourth-order valence-electron chi connectivity index (χ4n) is 2.85. The van der Waals surface area contributed by atoms with Crippen LogP contribution in [0.5, 0.6) is 5.75 Å². The van der Waals surface area contributed by atoms with Gasteiger partial charge in [-0.2, -0.15) is 5.10 Å². The standard InChI is InChI=1S/C21H14ClN3O5S/c1-29-14-6-8-16-18(10-14)31-20(19(16)22)21(26)24-23-11-15-7-9-17(30-15)12-2-4-13(5-3-12)25(27)28/h2-11H,1H3,(H,24,26). The molecule has 0 spiro atoms. The van der Waals surface area contributed by atoms with Crippen LogP contribution < -0.4 is 10.2 Å². The predicted molar refractivity (Wildman–Crippen MR) is 119 cm³/mol. The molecule has 0 aliphatic heterocycles. The molecular weight excluding hydrogens is 442 g/mol. The number of nitrogens with one attached hydrogen (secondary N) is 1. The smallest absolute Gasteiger partial charge is 0.283 e. The van der Waals surface area contributed by atoms with E-state index in [4.69, 9.17) is 20.8 Å². The van der Waals surface area contributed by atoms with Crippen molar-refractivity contribution in [2.45, 2.75) is 0 Å². The first kappa shape index (κ1) is 20.6. The number of nitro groups is 1. The van der Waals surface area contributed by atoms with Gasteiger partial charge in [0, 0.05) is 27.8 Å². The summed E-state index contributed by atoms with van der Waals surface area (Å²) in [4.78, 5) is 23.1. The first-order valence-electron chi connectivity index (χ1n) is 8.90. The number of carbonyl (C=O) groups is 1. The maximum absolute atomic E-state index is 12.5. The minimum absolute atomic E-state index is 0.00172. The molecule has 0 fully saturated rings. The number of halogens is 1. The van der Waals surface area contributed by atoms with E-state index in [1.807, 2.05) is 6.07 Å². The fourth-order valence-corrected chi connectivity index (χ4v) is 4.28. The molecule has 10 heteroatoms. The highest BCUT2D eigenvalue weighted by atomic mass is 35.5. The zero-order chi connectivity index (χ0) is 22.0. The van der Waals surface area contributed by atoms with Gasteiger partial charge in [0.15, 0.2) is 0 Å². The highest BCUT2D eigenvalue weighted by molar-refractivity contribution is 7.21. The molecule has 2 heterocycles. The Morgan fingerprint density at radius 1 is 1.23 bits per heavy atom. The quantitative estimate of drug-likeness (QED) is 0.235. The Morgan fingerprint density at radius 3 is 2.71 bits per heavy atom. The zero-order valence-electron chi connectivity index (χ0n) is 16.0. The maximum Gasteiger partial charge on any atom is 0.283 e. The Bertz CT molecular complexity index is 1310. The first-order valence-corrected chi connectivity index (χ1v) is 10.1. The number of fused-ring (bicyclic) bond motifs is 1. The van der Waals surface area contributed by atoms with Gasteiger partial charge in [0.25, 0.3) is 11.6 Å². The molecular formula is C21H14ClN3O5S. The van der Waals surface area contributed by atoms with Crippen LogP contribution in [0.15, 0.2) is 64.1 Å². The van der Waals surface area contributed by atoms with Gasteiger partial charge in [0.05, 0.1) is 23.3 Å². The number of nitro benzene ring substituents is 1. The van der Waals surface area contributed by atoms with Gasteiger partial charge in [0.2, 0.25) is 0 Å². The Kier molecular flexibility index (Phi) is 5.70. The Balaban J connectivity index is 1.45. The van der Waals surface area contributed by atoms with Crippen LogP contribution in [0, 0.1) is 10.1 Å². The average molecular weight is 456 g/mol. The number of thiophene rings is 1. The summed E-state index contributed by atoms with van der Waals surface area (Å²) < 4.78 is 11.7. The van der Waals surface area contributed by atoms with E-state index < -0.39 is 10.8 Å². The van der Waals surface area contributed by atoms with Crippen molar-refractivity contribution in [2.75, 3.05) is 7.11 Å². The molecule has 0 atom stereocenters. The van der Waals surface area contributed by atoms with Gasteiger partial charge in [-0.05, 0) is 42.5 Å². The number of hydrogen-bond donors (Lipinski definition) is 1. The lowest BCUT2D eigenvalue weighted by Crippen LogP contribution is -2.16. The van der Waals surface area contributed by atoms with Crippen molar-refractivity contribution in [2.24, 2.45) is 5.10 Å². The molecule has 0 unspecified atom stereocenters. The topological polar surface area (TPSA) is 107 Å². The van der Waals surface area contributed by atoms with Gasteiger partial charge in [0.1, 0.15) is 22.1 Å². The first-order chi connectivity index (χ1) is 15.0. The molecule has 0 aliphatic rings. The minimum atomic E-state index is -0.466. The average Bonchev–Trinajstić information content (AvgIpc) is 3.38. The van der Waals surface area contributed by atoms with Crippen LogP contribution >= 0.6 is 22.9 Å². The van der Waals surface area contributed by atoms with E-state index in [1.165, 1.54) is 29.7 Å². The largest absolute Gasteiger partial charge is 0.497 e. The van der Waals surface area contributed by atoms with Crippen LogP contribution in [0.1, 0.15) is 15.4 Å². The molecule has 4 aromatic rings. The number of amides is 1. The van der Waals surface area contributed by atoms with Crippen LogP contribution in [0.25, 0.3) is 21.4 Å². The molecule has 0 bridgehead atoms. The number of hydrogen-bond acceptors (Lipinski definition) is 7. The molecule has 8 nitrogen and oxygen atoms in total. The number of methoxy groups -OCH3 is 1. The Hall–Kier alpha value is -3.69. The van der Waals surface area contributed by atoms with Gasteiger partial charge < -0.3 is 9.15 Å². The second-order valence-corrected chi connectivity index (χ2v) is 7.74. The third-order valence-electron chi connectivity index (χ3n) is 4.39. The number of ether oxygens (including phenoxy) is 1. The monoisotopic (exact) mass is 455 g/mol. The van der Waals surface area contributed by atoms with Gasteiger partial charge in [-0.1, -0.05) is 11.6 Å². The second-order valence-electron chi connectivity index (χ2n) is 6.31. The second kappa shape index (κ2) is 8.58. The van der Waals surface area contributed by atoms with E-state index >= 15 is 0 Å². The third-order valence-corrected chi connectivity index (χ3v) is 6.05. The van der Waals surface area contributed by atoms with Crippen molar-refractivity contribution < 1.29 is 18.9 Å². The summed E-state index contributed by atoms with van der Waals surface area (Å²) in [5.74, 6) is 1.16. The molecule has 1 amide bonds. The summed E-state index contributed by atoms with van der Waals surface area (Å²) in [7, 11) is 1.57. The van der Waals surface area contributed by atoms with Crippen molar-refractivity contribution in [1.82, 2.24) is 5.43 Å². The van der Waals surface area contributed by atoms with Gasteiger partial charge >= 0.3 is 0 Å². The van der Waals surface area contributed by atoms with Crippen LogP contribution in [0.3, 0.4) is 0 Å². The SMILES string of the molecule is COc1ccc2c(Cl)c(C(=O)NN=Cc3ccc(-c4ccc([N+](=O)[O-])cc4)o3)sc2c1. The molecule has 31 heavy (non-hydrogen) atoms. The van der Waals surface area contributed by atoms with E-state index in [2.05, 4.69) is 10.5 Å². The molecule has 0 aliphatic carbocycles. The number of rotatable bonds is 6. The maximum atomic E-state index is 12.5. The highest BCUT2D eigenvalue weighted by Crippen LogP contribution is 2.37. The summed E-state index contributed by atoms with van der Waals surface area (Å²) in [6.07, 6.45) is 1.36. The summed E-state index contributed by atoms with van der Waals surface area (Å²) in [5, 5.41) is 15.8. The highest BCUT2D eigenvalue weighted by Gasteiger charge is 2.17. The normalized spacial score (nSPS) is 11.2. The number of furan rings is 1. The lowest BCUT2D eigenvalue weighted by Gasteiger charge is -1.98. The summed E-state index contributed by atoms with van der Waals surface area (Å²) in [6, 6.07) is 14.8. The molecule has 0 saturated carbocycles. The molecule has 2 aromatic carbocycles. The van der Waals surface area contributed by atoms with Crippen LogP contribution in [0.2, 0.25) is 5.02 Å². The number of carbonyl (C=O) groups excluding carboxylic acids is 1. The fraction of sp³-hybridized carbons (Fsp3) is 0.0476. The molecule has 156 valence electrons. The van der Waals surface area contributed by atoms with Crippen molar-refractivity contribution in [1.29, 1.82) is 0 Å². The van der Waals surface area contributed by atoms with Gasteiger partial charge in [-0.25, -0.2) is 5.43 Å². The van der Waals surface area contributed by atoms with Crippen LogP contribution in [-0.2, 0) is 0 Å². The number of nitrogens with zero attached hydrogens (tertiary/aromatic N) is 2. The van der Waals surface area contributed by atoms with Gasteiger partial charge in [-0.15, -0.1) is 11.3 Å². The molecule has 2 aromatic heterocycles. The molecule has 1 N–H and O–H groups in total. The Labute approximate surface area is 184 Å². The van der Waals surface area contributed by atoms with Crippen molar-refractivity contribution in [3.8, 4) is 17.1 Å². The Morgan fingerprint density at radius 2 is 2.00 bits per heavy atom. The third kappa shape index (κ3) is 4.27. The van der Waals surface area contributed by atoms with E-state index in [-0.39, 0.29) is 5.69 Å². The van der Waals surface area contributed by atoms with Gasteiger partial charge in [-0.3, -0.25) is 14.9 Å². The van der Waals surface area contributed by atoms with Crippen molar-refractivity contribution in [3.63, 3.8) is 0 Å². The van der Waals surface area contributed by atoms with Crippen LogP contribution in [0.4, 0.5) is 5.69 Å². The molecule has 0 radical (unpaired) electrons. The minimum Gasteiger partial charge on any atom is -0.497 e. The molecule has 0 saturated heterocycles. The van der Waals surface area contributed by atoms with E-state index in [0.29, 0.717) is 32.7 Å². The number of benzene rings is 2. The summed E-state index contributed by atoms with van der Waals surface area (Å²) >= 11 is 7.58.